The summed E-state index contributed by atoms with van der Waals surface area (Å²) in [5.74, 6) is 0. The SMILES string of the molecule is CN(O)CCC1CCCN1. The average molecular weight is 144 g/mol. The van der Waals surface area contributed by atoms with Gasteiger partial charge in [0, 0.05) is 19.6 Å². The number of hydroxylamine groups is 2. The molecule has 0 saturated carbocycles. The molecule has 60 valence electrons. The Morgan fingerprint density at radius 1 is 1.70 bits per heavy atom. The van der Waals surface area contributed by atoms with Gasteiger partial charge in [0.1, 0.15) is 0 Å². The van der Waals surface area contributed by atoms with Crippen molar-refractivity contribution in [2.24, 2.45) is 0 Å². The summed E-state index contributed by atoms with van der Waals surface area (Å²) in [5, 5.41) is 13.4. The lowest BCUT2D eigenvalue weighted by molar-refractivity contribution is -0.0666. The maximum absolute atomic E-state index is 8.82. The molecule has 0 aromatic carbocycles. The minimum atomic E-state index is 0.648. The summed E-state index contributed by atoms with van der Waals surface area (Å²) in [5.41, 5.74) is 0. The normalized spacial score (nSPS) is 26.1. The molecule has 3 nitrogen and oxygen atoms in total. The molecule has 0 aliphatic carbocycles. The molecule has 0 aromatic rings. The van der Waals surface area contributed by atoms with Crippen molar-refractivity contribution >= 4 is 0 Å². The molecule has 10 heavy (non-hydrogen) atoms. The van der Waals surface area contributed by atoms with E-state index >= 15 is 0 Å². The Morgan fingerprint density at radius 2 is 2.50 bits per heavy atom. The van der Waals surface area contributed by atoms with Gasteiger partial charge in [-0.05, 0) is 25.8 Å². The lowest BCUT2D eigenvalue weighted by atomic mass is 10.1. The predicted molar refractivity (Wildman–Crippen MR) is 40.1 cm³/mol. The van der Waals surface area contributed by atoms with Gasteiger partial charge in [0.2, 0.25) is 0 Å². The number of nitrogens with zero attached hydrogens (tertiary/aromatic N) is 1. The Labute approximate surface area is 62.0 Å². The molecule has 1 rings (SSSR count). The van der Waals surface area contributed by atoms with Gasteiger partial charge in [-0.3, -0.25) is 0 Å². The zero-order valence-electron chi connectivity index (χ0n) is 6.51. The van der Waals surface area contributed by atoms with E-state index in [-0.39, 0.29) is 0 Å². The van der Waals surface area contributed by atoms with E-state index in [1.54, 1.807) is 7.05 Å². The van der Waals surface area contributed by atoms with Gasteiger partial charge in [0.05, 0.1) is 0 Å². The topological polar surface area (TPSA) is 35.5 Å². The summed E-state index contributed by atoms with van der Waals surface area (Å²) in [6.45, 7) is 1.93. The van der Waals surface area contributed by atoms with Gasteiger partial charge in [-0.25, -0.2) is 0 Å². The average Bonchev–Trinajstić information content (AvgIpc) is 2.34. The molecule has 1 unspecified atom stereocenters. The lowest BCUT2D eigenvalue weighted by Gasteiger charge is -2.12. The summed E-state index contributed by atoms with van der Waals surface area (Å²) in [4.78, 5) is 0. The van der Waals surface area contributed by atoms with E-state index in [0.717, 1.165) is 19.5 Å². The third-order valence-corrected chi connectivity index (χ3v) is 1.96. The summed E-state index contributed by atoms with van der Waals surface area (Å²) >= 11 is 0. The van der Waals surface area contributed by atoms with E-state index in [1.807, 2.05) is 0 Å². The highest BCUT2D eigenvalue weighted by molar-refractivity contribution is 4.73. The molecule has 1 aliphatic rings. The molecular formula is C7H16N2O. The largest absolute Gasteiger partial charge is 0.314 e. The van der Waals surface area contributed by atoms with Crippen LogP contribution in [-0.4, -0.2) is 36.4 Å². The quantitative estimate of drug-likeness (QED) is 0.564. The molecule has 1 atom stereocenters. The van der Waals surface area contributed by atoms with Crippen molar-refractivity contribution in [1.29, 1.82) is 0 Å². The van der Waals surface area contributed by atoms with Crippen LogP contribution in [-0.2, 0) is 0 Å². The standard InChI is InChI=1S/C7H16N2O/c1-9(10)6-4-7-3-2-5-8-7/h7-8,10H,2-6H2,1H3. The maximum Gasteiger partial charge on any atom is 0.0249 e. The minimum absolute atomic E-state index is 0.648. The smallest absolute Gasteiger partial charge is 0.0249 e. The second-order valence-corrected chi connectivity index (χ2v) is 2.96. The van der Waals surface area contributed by atoms with Crippen molar-refractivity contribution in [1.82, 2.24) is 10.4 Å². The second kappa shape index (κ2) is 3.91. The molecule has 0 spiro atoms. The Kier molecular flexibility index (Phi) is 3.12. The highest BCUT2D eigenvalue weighted by Gasteiger charge is 2.13. The predicted octanol–water partition coefficient (Wildman–Crippen LogP) is 0.450. The fourth-order valence-corrected chi connectivity index (χ4v) is 1.35. The van der Waals surface area contributed by atoms with Crippen LogP contribution >= 0.6 is 0 Å². The maximum atomic E-state index is 8.82. The first-order valence-electron chi connectivity index (χ1n) is 3.92. The van der Waals surface area contributed by atoms with E-state index in [9.17, 15) is 0 Å². The Hall–Kier alpha value is -0.120. The van der Waals surface area contributed by atoms with Gasteiger partial charge < -0.3 is 10.5 Å². The highest BCUT2D eigenvalue weighted by Crippen LogP contribution is 2.08. The van der Waals surface area contributed by atoms with Crippen molar-refractivity contribution < 1.29 is 5.21 Å². The van der Waals surface area contributed by atoms with Gasteiger partial charge in [-0.2, -0.15) is 5.06 Å². The van der Waals surface area contributed by atoms with Crippen LogP contribution in [0.3, 0.4) is 0 Å². The van der Waals surface area contributed by atoms with Crippen molar-refractivity contribution in [2.75, 3.05) is 20.1 Å². The van der Waals surface area contributed by atoms with Gasteiger partial charge in [0.15, 0.2) is 0 Å². The molecule has 1 heterocycles. The van der Waals surface area contributed by atoms with Crippen LogP contribution in [0.5, 0.6) is 0 Å². The van der Waals surface area contributed by atoms with Crippen LogP contribution < -0.4 is 5.32 Å². The third kappa shape index (κ3) is 2.64. The number of hydrogen-bond acceptors (Lipinski definition) is 3. The molecule has 0 aromatic heterocycles. The first kappa shape index (κ1) is 7.98. The molecule has 2 N–H and O–H groups in total. The molecule has 1 saturated heterocycles. The van der Waals surface area contributed by atoms with Gasteiger partial charge in [0.25, 0.3) is 0 Å². The monoisotopic (exact) mass is 144 g/mol. The minimum Gasteiger partial charge on any atom is -0.314 e. The van der Waals surface area contributed by atoms with Crippen molar-refractivity contribution in [3.05, 3.63) is 0 Å². The molecule has 1 aliphatic heterocycles. The first-order chi connectivity index (χ1) is 4.79. The zero-order chi connectivity index (χ0) is 7.40. The fraction of sp³-hybridized carbons (Fsp3) is 1.00. The van der Waals surface area contributed by atoms with Crippen molar-refractivity contribution in [2.45, 2.75) is 25.3 Å². The Balaban J connectivity index is 2.01. The molecule has 3 heteroatoms. The summed E-state index contributed by atoms with van der Waals surface area (Å²) in [7, 11) is 1.69. The molecule has 0 amide bonds. The number of nitrogens with one attached hydrogen (secondary N) is 1. The van der Waals surface area contributed by atoms with Crippen LogP contribution in [0.25, 0.3) is 0 Å². The Bertz CT molecular complexity index is 89.6. The molecular weight excluding hydrogens is 128 g/mol. The third-order valence-electron chi connectivity index (χ3n) is 1.96. The highest BCUT2D eigenvalue weighted by atomic mass is 16.5. The van der Waals surface area contributed by atoms with Crippen molar-refractivity contribution in [3.8, 4) is 0 Å². The van der Waals surface area contributed by atoms with Crippen LogP contribution in [0.2, 0.25) is 0 Å². The summed E-state index contributed by atoms with van der Waals surface area (Å²) in [6.07, 6.45) is 3.63. The van der Waals surface area contributed by atoms with Crippen LogP contribution in [0, 0.1) is 0 Å². The van der Waals surface area contributed by atoms with E-state index in [0.29, 0.717) is 6.04 Å². The van der Waals surface area contributed by atoms with Crippen LogP contribution in [0.1, 0.15) is 19.3 Å². The molecule has 0 radical (unpaired) electrons. The van der Waals surface area contributed by atoms with Crippen LogP contribution in [0.4, 0.5) is 0 Å². The molecule has 0 bridgehead atoms. The van der Waals surface area contributed by atoms with E-state index in [2.05, 4.69) is 5.32 Å². The van der Waals surface area contributed by atoms with E-state index < -0.39 is 0 Å². The lowest BCUT2D eigenvalue weighted by Crippen LogP contribution is -2.26. The number of rotatable bonds is 3. The molecule has 1 fully saturated rings. The van der Waals surface area contributed by atoms with Gasteiger partial charge in [-0.15, -0.1) is 0 Å². The Morgan fingerprint density at radius 3 is 3.00 bits per heavy atom. The second-order valence-electron chi connectivity index (χ2n) is 2.96. The fourth-order valence-electron chi connectivity index (χ4n) is 1.35. The van der Waals surface area contributed by atoms with Gasteiger partial charge >= 0.3 is 0 Å². The number of hydrogen-bond donors (Lipinski definition) is 2. The van der Waals surface area contributed by atoms with Crippen LogP contribution in [0.15, 0.2) is 0 Å². The zero-order valence-corrected chi connectivity index (χ0v) is 6.51. The van der Waals surface area contributed by atoms with Crippen molar-refractivity contribution in [3.63, 3.8) is 0 Å². The van der Waals surface area contributed by atoms with E-state index in [4.69, 9.17) is 5.21 Å². The first-order valence-corrected chi connectivity index (χ1v) is 3.92. The van der Waals surface area contributed by atoms with E-state index in [1.165, 1.54) is 17.9 Å². The summed E-state index contributed by atoms with van der Waals surface area (Å²) in [6, 6.07) is 0.648. The summed E-state index contributed by atoms with van der Waals surface area (Å²) < 4.78 is 0. The van der Waals surface area contributed by atoms with Gasteiger partial charge in [-0.1, -0.05) is 0 Å².